The number of aromatic amines is 1. The zero-order valence-corrected chi connectivity index (χ0v) is 19.2. The Bertz CT molecular complexity index is 1090. The lowest BCUT2D eigenvalue weighted by molar-refractivity contribution is -0.133. The Morgan fingerprint density at radius 2 is 1.87 bits per heavy atom. The molecule has 1 atom stereocenters. The van der Waals surface area contributed by atoms with Crippen LogP contribution in [0.4, 0.5) is 5.69 Å². The number of hydrogen-bond donors (Lipinski definition) is 2. The lowest BCUT2D eigenvalue weighted by atomic mass is 10.1. The second-order valence-electron chi connectivity index (χ2n) is 7.87. The molecule has 2 fully saturated rings. The van der Waals surface area contributed by atoms with Gasteiger partial charge in [-0.2, -0.15) is 0 Å². The smallest absolute Gasteiger partial charge is 0.239 e. The predicted octanol–water partition coefficient (Wildman–Crippen LogP) is 4.36. The van der Waals surface area contributed by atoms with Crippen LogP contribution in [0.25, 0.3) is 22.4 Å². The Balaban J connectivity index is 0.00000231. The molecule has 2 saturated heterocycles. The Labute approximate surface area is 197 Å². The Kier molecular flexibility index (Phi) is 6.63. The average Bonchev–Trinajstić information content (AvgIpc) is 3.43. The number of aromatic nitrogens is 2. The van der Waals surface area contributed by atoms with Gasteiger partial charge in [-0.05, 0) is 55.8 Å². The van der Waals surface area contributed by atoms with Gasteiger partial charge in [-0.25, -0.2) is 4.98 Å². The van der Waals surface area contributed by atoms with E-state index in [4.69, 9.17) is 23.2 Å². The lowest BCUT2D eigenvalue weighted by Gasteiger charge is -2.37. The van der Waals surface area contributed by atoms with Crippen LogP contribution in [0, 0.1) is 0 Å². The van der Waals surface area contributed by atoms with Crippen LogP contribution in [-0.4, -0.2) is 59.5 Å². The van der Waals surface area contributed by atoms with E-state index in [1.165, 1.54) is 0 Å². The highest BCUT2D eigenvalue weighted by Crippen LogP contribution is 2.32. The van der Waals surface area contributed by atoms with Crippen LogP contribution in [0.15, 0.2) is 36.4 Å². The van der Waals surface area contributed by atoms with E-state index in [9.17, 15) is 4.79 Å². The molecular formula is C22H24Cl3N5O. The highest BCUT2D eigenvalue weighted by Gasteiger charge is 2.29. The van der Waals surface area contributed by atoms with Crippen molar-refractivity contribution in [2.24, 2.45) is 0 Å². The summed E-state index contributed by atoms with van der Waals surface area (Å²) < 4.78 is 0. The third-order valence-corrected chi connectivity index (χ3v) is 6.53. The molecule has 0 radical (unpaired) electrons. The summed E-state index contributed by atoms with van der Waals surface area (Å²) in [6.45, 7) is 4.01. The Hall–Kier alpha value is -1.99. The molecule has 2 aliphatic rings. The van der Waals surface area contributed by atoms with Gasteiger partial charge in [0.25, 0.3) is 0 Å². The molecule has 0 bridgehead atoms. The third kappa shape index (κ3) is 4.48. The molecule has 3 heterocycles. The first-order valence-electron chi connectivity index (χ1n) is 10.3. The van der Waals surface area contributed by atoms with Gasteiger partial charge in [0, 0.05) is 42.5 Å². The van der Waals surface area contributed by atoms with E-state index < -0.39 is 0 Å². The number of nitrogens with zero attached hydrogens (tertiary/aromatic N) is 3. The monoisotopic (exact) mass is 479 g/mol. The number of H-pyrrole nitrogens is 1. The third-order valence-electron chi connectivity index (χ3n) is 5.96. The van der Waals surface area contributed by atoms with Crippen molar-refractivity contribution < 1.29 is 4.79 Å². The summed E-state index contributed by atoms with van der Waals surface area (Å²) in [5, 5.41) is 4.61. The molecule has 3 aromatic rings. The van der Waals surface area contributed by atoms with Crippen LogP contribution >= 0.6 is 35.6 Å². The van der Waals surface area contributed by atoms with E-state index in [1.54, 1.807) is 0 Å². The molecule has 0 unspecified atom stereocenters. The van der Waals surface area contributed by atoms with Crippen molar-refractivity contribution in [3.8, 4) is 11.4 Å². The lowest BCUT2D eigenvalue weighted by Crippen LogP contribution is -2.53. The highest BCUT2D eigenvalue weighted by molar-refractivity contribution is 6.33. The van der Waals surface area contributed by atoms with Crippen molar-refractivity contribution in [1.82, 2.24) is 20.2 Å². The fourth-order valence-electron chi connectivity index (χ4n) is 4.30. The molecule has 2 aromatic carbocycles. The van der Waals surface area contributed by atoms with E-state index >= 15 is 0 Å². The summed E-state index contributed by atoms with van der Waals surface area (Å²) >= 11 is 12.6. The van der Waals surface area contributed by atoms with Crippen molar-refractivity contribution in [1.29, 1.82) is 0 Å². The van der Waals surface area contributed by atoms with Crippen molar-refractivity contribution in [3.05, 3.63) is 46.4 Å². The van der Waals surface area contributed by atoms with Crippen LogP contribution in [0.5, 0.6) is 0 Å². The number of nitrogens with one attached hydrogen (secondary N) is 2. The maximum atomic E-state index is 12.6. The fourth-order valence-corrected chi connectivity index (χ4v) is 4.68. The molecule has 0 aliphatic carbocycles. The minimum Gasteiger partial charge on any atom is -0.368 e. The number of carbonyl (C=O) groups is 1. The molecule has 6 nitrogen and oxygen atoms in total. The SMILES string of the molecule is Cl.O=C([C@@H]1CCCN1)N1CCN(c2ccc(Cl)c(-c3nc4ccc(Cl)cc4[nH]3)c2)CC1. The van der Waals surface area contributed by atoms with Gasteiger partial charge in [0.15, 0.2) is 0 Å². The minimum atomic E-state index is 0. The number of benzene rings is 2. The highest BCUT2D eigenvalue weighted by atomic mass is 35.5. The summed E-state index contributed by atoms with van der Waals surface area (Å²) in [6, 6.07) is 11.6. The van der Waals surface area contributed by atoms with E-state index in [1.807, 2.05) is 35.2 Å². The van der Waals surface area contributed by atoms with Crippen molar-refractivity contribution >= 4 is 58.2 Å². The zero-order valence-electron chi connectivity index (χ0n) is 16.9. The summed E-state index contributed by atoms with van der Waals surface area (Å²) in [4.78, 5) is 24.9. The molecule has 2 aliphatic heterocycles. The summed E-state index contributed by atoms with van der Waals surface area (Å²) in [7, 11) is 0. The van der Waals surface area contributed by atoms with E-state index in [-0.39, 0.29) is 24.4 Å². The van der Waals surface area contributed by atoms with Gasteiger partial charge in [0.05, 0.1) is 22.1 Å². The van der Waals surface area contributed by atoms with Crippen LogP contribution in [0.3, 0.4) is 0 Å². The molecule has 5 rings (SSSR count). The van der Waals surface area contributed by atoms with Crippen molar-refractivity contribution in [2.45, 2.75) is 18.9 Å². The van der Waals surface area contributed by atoms with Crippen LogP contribution in [0.2, 0.25) is 10.0 Å². The van der Waals surface area contributed by atoms with Crippen LogP contribution < -0.4 is 10.2 Å². The molecule has 2 N–H and O–H groups in total. The van der Waals surface area contributed by atoms with Gasteiger partial charge in [0.1, 0.15) is 5.82 Å². The summed E-state index contributed by atoms with van der Waals surface area (Å²) in [5.41, 5.74) is 3.67. The second-order valence-corrected chi connectivity index (χ2v) is 8.72. The number of carbonyl (C=O) groups excluding carboxylic acids is 1. The van der Waals surface area contributed by atoms with Gasteiger partial charge in [-0.3, -0.25) is 4.79 Å². The first-order valence-corrected chi connectivity index (χ1v) is 11.1. The zero-order chi connectivity index (χ0) is 20.7. The van der Waals surface area contributed by atoms with E-state index in [0.717, 1.165) is 73.7 Å². The maximum Gasteiger partial charge on any atom is 0.239 e. The Morgan fingerprint density at radius 1 is 1.06 bits per heavy atom. The molecule has 1 aromatic heterocycles. The van der Waals surface area contributed by atoms with Gasteiger partial charge in [-0.15, -0.1) is 12.4 Å². The fraction of sp³-hybridized carbons (Fsp3) is 0.364. The molecular weight excluding hydrogens is 457 g/mol. The van der Waals surface area contributed by atoms with Crippen molar-refractivity contribution in [2.75, 3.05) is 37.6 Å². The number of imidazole rings is 1. The van der Waals surface area contributed by atoms with Gasteiger partial charge in [-0.1, -0.05) is 23.2 Å². The van der Waals surface area contributed by atoms with Crippen LogP contribution in [-0.2, 0) is 4.79 Å². The van der Waals surface area contributed by atoms with E-state index in [2.05, 4.69) is 26.3 Å². The quantitative estimate of drug-likeness (QED) is 0.585. The molecule has 164 valence electrons. The molecule has 9 heteroatoms. The summed E-state index contributed by atoms with van der Waals surface area (Å²) in [6.07, 6.45) is 2.03. The van der Waals surface area contributed by atoms with E-state index in [0.29, 0.717) is 10.0 Å². The molecule has 1 amide bonds. The van der Waals surface area contributed by atoms with Crippen LogP contribution in [0.1, 0.15) is 12.8 Å². The number of hydrogen-bond acceptors (Lipinski definition) is 4. The number of fused-ring (bicyclic) bond motifs is 1. The molecule has 0 saturated carbocycles. The van der Waals surface area contributed by atoms with Crippen molar-refractivity contribution in [3.63, 3.8) is 0 Å². The number of amides is 1. The van der Waals surface area contributed by atoms with Gasteiger partial charge >= 0.3 is 0 Å². The number of rotatable bonds is 3. The minimum absolute atomic E-state index is 0. The predicted molar refractivity (Wildman–Crippen MR) is 129 cm³/mol. The number of halogens is 3. The number of piperazine rings is 1. The standard InChI is InChI=1S/C22H23Cl2N5O.ClH/c23-14-3-6-18-20(12-14)27-21(26-18)16-13-15(4-5-17(16)24)28-8-10-29(11-9-28)22(30)19-2-1-7-25-19;/h3-6,12-13,19,25H,1-2,7-11H2,(H,26,27);1H/t19-;/m0./s1. The second kappa shape index (κ2) is 9.25. The average molecular weight is 481 g/mol. The molecule has 31 heavy (non-hydrogen) atoms. The topological polar surface area (TPSA) is 64.3 Å². The first-order chi connectivity index (χ1) is 14.6. The molecule has 0 spiro atoms. The Morgan fingerprint density at radius 3 is 2.61 bits per heavy atom. The number of anilines is 1. The maximum absolute atomic E-state index is 12.6. The largest absolute Gasteiger partial charge is 0.368 e. The summed E-state index contributed by atoms with van der Waals surface area (Å²) in [5.74, 6) is 0.963. The first kappa shape index (κ1) is 22.2. The van der Waals surface area contributed by atoms with Gasteiger partial charge in [0.2, 0.25) is 5.91 Å². The normalized spacial score (nSPS) is 19.0. The van der Waals surface area contributed by atoms with Gasteiger partial charge < -0.3 is 20.1 Å².